The van der Waals surface area contributed by atoms with E-state index in [0.717, 1.165) is 19.3 Å². The second-order valence-corrected chi connectivity index (χ2v) is 6.23. The van der Waals surface area contributed by atoms with Gasteiger partial charge in [-0.2, -0.15) is 0 Å². The van der Waals surface area contributed by atoms with Crippen LogP contribution in [0.15, 0.2) is 0 Å². The Balaban J connectivity index is 2.60. The average molecular weight is 272 g/mol. The van der Waals surface area contributed by atoms with E-state index in [9.17, 15) is 4.79 Å². The highest BCUT2D eigenvalue weighted by molar-refractivity contribution is 5.68. The monoisotopic (exact) mass is 272 g/mol. The van der Waals surface area contributed by atoms with E-state index in [4.69, 9.17) is 9.84 Å². The van der Waals surface area contributed by atoms with Crippen molar-refractivity contribution in [3.05, 3.63) is 0 Å². The minimum atomic E-state index is -0.464. The zero-order chi connectivity index (χ0) is 14.5. The topological polar surface area (TPSA) is 61.8 Å². The van der Waals surface area contributed by atoms with Gasteiger partial charge in [0.2, 0.25) is 0 Å². The molecule has 0 aliphatic heterocycles. The molecular weight excluding hydrogens is 244 g/mol. The van der Waals surface area contributed by atoms with Gasteiger partial charge in [-0.15, -0.1) is 0 Å². The van der Waals surface area contributed by atoms with Gasteiger partial charge in [-0.3, -0.25) is 0 Å². The van der Waals surface area contributed by atoms with Crippen LogP contribution < -0.4 is 5.32 Å². The molecule has 1 amide bonds. The Morgan fingerprint density at radius 3 is 2.58 bits per heavy atom. The molecule has 0 heterocycles. The van der Waals surface area contributed by atoms with Crippen LogP contribution in [0.3, 0.4) is 0 Å². The molecule has 0 aromatic carbocycles. The summed E-state index contributed by atoms with van der Waals surface area (Å²) in [6, 6.07) is 0.397. The molecule has 5 nitrogen and oxygen atoms in total. The lowest BCUT2D eigenvalue weighted by molar-refractivity contribution is 0.0147. The van der Waals surface area contributed by atoms with Crippen molar-refractivity contribution in [1.29, 1.82) is 0 Å². The molecule has 0 spiro atoms. The summed E-state index contributed by atoms with van der Waals surface area (Å²) < 4.78 is 5.42. The molecule has 1 fully saturated rings. The van der Waals surface area contributed by atoms with Crippen LogP contribution in [0.5, 0.6) is 0 Å². The molecule has 1 aliphatic carbocycles. The van der Waals surface area contributed by atoms with Crippen LogP contribution in [0.25, 0.3) is 0 Å². The number of carbonyl (C=O) groups excluding carboxylic acids is 1. The third kappa shape index (κ3) is 5.37. The van der Waals surface area contributed by atoms with Gasteiger partial charge in [-0.1, -0.05) is 12.8 Å². The molecule has 5 heteroatoms. The molecule has 2 atom stereocenters. The third-order valence-electron chi connectivity index (χ3n) is 3.43. The lowest BCUT2D eigenvalue weighted by Gasteiger charge is -2.38. The highest BCUT2D eigenvalue weighted by Gasteiger charge is 2.32. The Morgan fingerprint density at radius 2 is 2.00 bits per heavy atom. The maximum Gasteiger partial charge on any atom is 0.410 e. The van der Waals surface area contributed by atoms with Crippen molar-refractivity contribution < 1.29 is 14.6 Å². The molecule has 19 heavy (non-hydrogen) atoms. The standard InChI is InChI=1S/C14H28N2O3/c1-14(2,3)19-13(18)16(4)12-8-6-5-7-11(12)15-9-10-17/h11-12,15,17H,5-10H2,1-4H3/t11-,12-/m0/s1. The number of ether oxygens (including phenoxy) is 1. The number of carbonyl (C=O) groups is 1. The Hall–Kier alpha value is -0.810. The Kier molecular flexibility index (Phi) is 6.07. The molecule has 1 rings (SSSR count). The molecule has 0 unspecified atom stereocenters. The predicted molar refractivity (Wildman–Crippen MR) is 75.1 cm³/mol. The van der Waals surface area contributed by atoms with Crippen molar-refractivity contribution in [2.24, 2.45) is 0 Å². The summed E-state index contributed by atoms with van der Waals surface area (Å²) in [6.07, 6.45) is 4.06. The van der Waals surface area contributed by atoms with Gasteiger partial charge in [-0.05, 0) is 33.6 Å². The van der Waals surface area contributed by atoms with Gasteiger partial charge in [0, 0.05) is 19.6 Å². The first-order valence-electron chi connectivity index (χ1n) is 7.15. The number of hydrogen-bond donors (Lipinski definition) is 2. The molecule has 0 radical (unpaired) electrons. The minimum Gasteiger partial charge on any atom is -0.444 e. The molecule has 0 bridgehead atoms. The van der Waals surface area contributed by atoms with Crippen LogP contribution >= 0.6 is 0 Å². The summed E-state index contributed by atoms with van der Waals surface area (Å²) in [5.74, 6) is 0. The fourth-order valence-electron chi connectivity index (χ4n) is 2.53. The van der Waals surface area contributed by atoms with Crippen LogP contribution in [0.2, 0.25) is 0 Å². The second-order valence-electron chi connectivity index (χ2n) is 6.23. The van der Waals surface area contributed by atoms with E-state index in [-0.39, 0.29) is 24.8 Å². The maximum absolute atomic E-state index is 12.1. The first-order valence-corrected chi connectivity index (χ1v) is 7.15. The Labute approximate surface area is 116 Å². The van der Waals surface area contributed by atoms with Crippen molar-refractivity contribution in [2.45, 2.75) is 64.1 Å². The summed E-state index contributed by atoms with van der Waals surface area (Å²) in [6.45, 7) is 6.33. The lowest BCUT2D eigenvalue weighted by Crippen LogP contribution is -2.53. The van der Waals surface area contributed by atoms with E-state index in [1.165, 1.54) is 6.42 Å². The largest absolute Gasteiger partial charge is 0.444 e. The highest BCUT2D eigenvalue weighted by atomic mass is 16.6. The number of aliphatic hydroxyl groups is 1. The van der Waals surface area contributed by atoms with Gasteiger partial charge in [0.25, 0.3) is 0 Å². The quantitative estimate of drug-likeness (QED) is 0.818. The van der Waals surface area contributed by atoms with Crippen molar-refractivity contribution in [2.75, 3.05) is 20.2 Å². The summed E-state index contributed by atoms with van der Waals surface area (Å²) >= 11 is 0. The van der Waals surface area contributed by atoms with E-state index >= 15 is 0 Å². The van der Waals surface area contributed by atoms with Gasteiger partial charge in [0.05, 0.1) is 12.6 Å². The zero-order valence-electron chi connectivity index (χ0n) is 12.6. The van der Waals surface area contributed by atoms with E-state index in [1.54, 1.807) is 11.9 Å². The summed E-state index contributed by atoms with van der Waals surface area (Å²) in [5.41, 5.74) is -0.464. The number of aliphatic hydroxyl groups excluding tert-OH is 1. The van der Waals surface area contributed by atoms with Crippen LogP contribution in [0.1, 0.15) is 46.5 Å². The van der Waals surface area contributed by atoms with E-state index in [2.05, 4.69) is 5.32 Å². The van der Waals surface area contributed by atoms with Crippen LogP contribution in [-0.4, -0.2) is 54.0 Å². The molecule has 0 aromatic heterocycles. The number of amides is 1. The maximum atomic E-state index is 12.1. The van der Waals surface area contributed by atoms with Gasteiger partial charge in [0.15, 0.2) is 0 Å². The van der Waals surface area contributed by atoms with Crippen LogP contribution in [0.4, 0.5) is 4.79 Å². The molecule has 112 valence electrons. The highest BCUT2D eigenvalue weighted by Crippen LogP contribution is 2.23. The van der Waals surface area contributed by atoms with Crippen molar-refractivity contribution >= 4 is 6.09 Å². The zero-order valence-corrected chi connectivity index (χ0v) is 12.6. The minimum absolute atomic E-state index is 0.124. The first kappa shape index (κ1) is 16.2. The molecule has 2 N–H and O–H groups in total. The van der Waals surface area contributed by atoms with Gasteiger partial charge < -0.3 is 20.1 Å². The SMILES string of the molecule is CN(C(=O)OC(C)(C)C)[C@H]1CCCC[C@@H]1NCCO. The molecule has 0 aromatic rings. The van der Waals surface area contributed by atoms with E-state index in [1.807, 2.05) is 20.8 Å². The van der Waals surface area contributed by atoms with Crippen molar-refractivity contribution in [3.8, 4) is 0 Å². The van der Waals surface area contributed by atoms with Crippen LogP contribution in [-0.2, 0) is 4.74 Å². The summed E-state index contributed by atoms with van der Waals surface area (Å²) in [5, 5.41) is 12.2. The number of likely N-dealkylation sites (N-methyl/N-ethyl adjacent to an activating group) is 1. The number of rotatable bonds is 4. The molecule has 1 saturated carbocycles. The first-order chi connectivity index (χ1) is 8.85. The predicted octanol–water partition coefficient (Wildman–Crippen LogP) is 1.75. The normalized spacial score (nSPS) is 24.1. The number of hydrogen-bond acceptors (Lipinski definition) is 4. The smallest absolute Gasteiger partial charge is 0.410 e. The van der Waals surface area contributed by atoms with Gasteiger partial charge in [-0.25, -0.2) is 4.79 Å². The molecule has 1 aliphatic rings. The fourth-order valence-corrected chi connectivity index (χ4v) is 2.53. The van der Waals surface area contributed by atoms with Crippen LogP contribution in [0, 0.1) is 0 Å². The van der Waals surface area contributed by atoms with Gasteiger partial charge in [0.1, 0.15) is 5.60 Å². The van der Waals surface area contributed by atoms with Gasteiger partial charge >= 0.3 is 6.09 Å². The Morgan fingerprint density at radius 1 is 1.37 bits per heavy atom. The van der Waals surface area contributed by atoms with Crippen molar-refractivity contribution in [1.82, 2.24) is 10.2 Å². The Bertz CT molecular complexity index is 289. The number of nitrogens with zero attached hydrogens (tertiary/aromatic N) is 1. The summed E-state index contributed by atoms with van der Waals surface area (Å²) in [4.78, 5) is 13.8. The van der Waals surface area contributed by atoms with Crippen molar-refractivity contribution in [3.63, 3.8) is 0 Å². The third-order valence-corrected chi connectivity index (χ3v) is 3.43. The fraction of sp³-hybridized carbons (Fsp3) is 0.929. The van der Waals surface area contributed by atoms with E-state index < -0.39 is 5.60 Å². The molecular formula is C14H28N2O3. The average Bonchev–Trinajstić information content (AvgIpc) is 2.33. The summed E-state index contributed by atoms with van der Waals surface area (Å²) in [7, 11) is 1.80. The molecule has 0 saturated heterocycles. The second kappa shape index (κ2) is 7.10. The number of nitrogens with one attached hydrogen (secondary N) is 1. The van der Waals surface area contributed by atoms with E-state index in [0.29, 0.717) is 6.54 Å². The lowest BCUT2D eigenvalue weighted by atomic mass is 9.89.